The van der Waals surface area contributed by atoms with E-state index in [-0.39, 0.29) is 12.6 Å². The normalized spacial score (nSPS) is 21.2. The number of hydrogen-bond donors (Lipinski definition) is 2. The molecule has 0 saturated heterocycles. The van der Waals surface area contributed by atoms with Gasteiger partial charge in [-0.15, -0.1) is 0 Å². The summed E-state index contributed by atoms with van der Waals surface area (Å²) in [6, 6.07) is 8.53. The summed E-state index contributed by atoms with van der Waals surface area (Å²) in [5.74, 6) is 0. The highest BCUT2D eigenvalue weighted by Gasteiger charge is 2.15. The van der Waals surface area contributed by atoms with Crippen LogP contribution in [0.4, 0.5) is 5.69 Å². The van der Waals surface area contributed by atoms with Gasteiger partial charge in [0.2, 0.25) is 0 Å². The maximum atomic E-state index is 8.95. The van der Waals surface area contributed by atoms with E-state index in [0.29, 0.717) is 0 Å². The summed E-state index contributed by atoms with van der Waals surface area (Å²) >= 11 is 0. The molecule has 0 bridgehead atoms. The molecule has 1 aliphatic heterocycles. The lowest BCUT2D eigenvalue weighted by Gasteiger charge is -2.25. The van der Waals surface area contributed by atoms with Crippen molar-refractivity contribution in [3.05, 3.63) is 29.8 Å². The van der Waals surface area contributed by atoms with Crippen molar-refractivity contribution >= 4 is 5.69 Å². The van der Waals surface area contributed by atoms with Crippen LogP contribution in [0.15, 0.2) is 24.3 Å². The van der Waals surface area contributed by atoms with E-state index in [1.54, 1.807) is 0 Å². The number of para-hydroxylation sites is 1. The Morgan fingerprint density at radius 1 is 1.42 bits per heavy atom. The molecule has 2 nitrogen and oxygen atoms in total. The summed E-state index contributed by atoms with van der Waals surface area (Å²) in [7, 11) is 0. The zero-order valence-corrected chi connectivity index (χ0v) is 6.96. The topological polar surface area (TPSA) is 32.3 Å². The van der Waals surface area contributed by atoms with Crippen LogP contribution in [-0.4, -0.2) is 17.8 Å². The van der Waals surface area contributed by atoms with Crippen molar-refractivity contribution in [3.63, 3.8) is 0 Å². The minimum atomic E-state index is 0.230. The van der Waals surface area contributed by atoms with Gasteiger partial charge in [-0.2, -0.15) is 0 Å². The molecule has 0 amide bonds. The quantitative estimate of drug-likeness (QED) is 0.656. The molecule has 0 radical (unpaired) electrons. The summed E-state index contributed by atoms with van der Waals surface area (Å²) in [6.45, 7) is 0.230. The van der Waals surface area contributed by atoms with Crippen molar-refractivity contribution in [2.45, 2.75) is 18.9 Å². The SMILES string of the molecule is OC[C@@H]1CCc2ccccc2N1. The third-order valence-corrected chi connectivity index (χ3v) is 2.36. The first-order valence-corrected chi connectivity index (χ1v) is 4.35. The molecule has 1 aliphatic rings. The van der Waals surface area contributed by atoms with E-state index in [9.17, 15) is 0 Å². The second kappa shape index (κ2) is 3.15. The molecule has 64 valence electrons. The van der Waals surface area contributed by atoms with Crippen LogP contribution >= 0.6 is 0 Å². The van der Waals surface area contributed by atoms with E-state index in [1.165, 1.54) is 11.3 Å². The number of aliphatic hydroxyl groups excluding tert-OH is 1. The Morgan fingerprint density at radius 3 is 3.08 bits per heavy atom. The molecule has 1 aromatic rings. The minimum Gasteiger partial charge on any atom is -0.394 e. The number of aliphatic hydroxyl groups is 1. The second-order valence-electron chi connectivity index (χ2n) is 3.22. The van der Waals surface area contributed by atoms with E-state index < -0.39 is 0 Å². The molecular formula is C10H13NO. The van der Waals surface area contributed by atoms with E-state index in [0.717, 1.165) is 12.8 Å². The minimum absolute atomic E-state index is 0.230. The third kappa shape index (κ3) is 1.30. The largest absolute Gasteiger partial charge is 0.394 e. The number of benzene rings is 1. The van der Waals surface area contributed by atoms with Crippen molar-refractivity contribution in [1.29, 1.82) is 0 Å². The summed E-state index contributed by atoms with van der Waals surface area (Å²) in [6.07, 6.45) is 2.11. The summed E-state index contributed by atoms with van der Waals surface area (Å²) in [5.41, 5.74) is 2.55. The van der Waals surface area contributed by atoms with Crippen LogP contribution in [0.5, 0.6) is 0 Å². The van der Waals surface area contributed by atoms with Gasteiger partial charge in [0.05, 0.1) is 6.61 Å². The molecule has 0 spiro atoms. The number of rotatable bonds is 1. The van der Waals surface area contributed by atoms with Crippen molar-refractivity contribution in [2.75, 3.05) is 11.9 Å². The molecule has 0 saturated carbocycles. The summed E-state index contributed by atoms with van der Waals surface area (Å²) < 4.78 is 0. The highest BCUT2D eigenvalue weighted by atomic mass is 16.3. The molecule has 2 rings (SSSR count). The van der Waals surface area contributed by atoms with Crippen LogP contribution in [-0.2, 0) is 6.42 Å². The van der Waals surface area contributed by atoms with Gasteiger partial charge in [0.15, 0.2) is 0 Å². The molecule has 1 heterocycles. The van der Waals surface area contributed by atoms with Crippen molar-refractivity contribution in [3.8, 4) is 0 Å². The zero-order valence-electron chi connectivity index (χ0n) is 6.96. The van der Waals surface area contributed by atoms with Crippen molar-refractivity contribution < 1.29 is 5.11 Å². The molecular weight excluding hydrogens is 150 g/mol. The fraction of sp³-hybridized carbons (Fsp3) is 0.400. The van der Waals surface area contributed by atoms with Crippen LogP contribution < -0.4 is 5.32 Å². The number of aryl methyl sites for hydroxylation is 1. The Kier molecular flexibility index (Phi) is 2.00. The summed E-state index contributed by atoms with van der Waals surface area (Å²) in [5, 5.41) is 12.3. The van der Waals surface area contributed by atoms with Crippen LogP contribution in [0, 0.1) is 0 Å². The first-order chi connectivity index (χ1) is 5.90. The van der Waals surface area contributed by atoms with Gasteiger partial charge in [0.25, 0.3) is 0 Å². The molecule has 0 aromatic heterocycles. The highest BCUT2D eigenvalue weighted by molar-refractivity contribution is 5.53. The lowest BCUT2D eigenvalue weighted by atomic mass is 9.99. The second-order valence-corrected chi connectivity index (χ2v) is 3.22. The van der Waals surface area contributed by atoms with E-state index in [4.69, 9.17) is 5.11 Å². The first kappa shape index (κ1) is 7.62. The van der Waals surface area contributed by atoms with Gasteiger partial charge in [-0.1, -0.05) is 18.2 Å². The lowest BCUT2D eigenvalue weighted by molar-refractivity contribution is 0.267. The molecule has 0 unspecified atom stereocenters. The maximum Gasteiger partial charge on any atom is 0.0632 e. The highest BCUT2D eigenvalue weighted by Crippen LogP contribution is 2.23. The number of nitrogens with one attached hydrogen (secondary N) is 1. The van der Waals surface area contributed by atoms with Crippen molar-refractivity contribution in [1.82, 2.24) is 0 Å². The molecule has 2 N–H and O–H groups in total. The predicted molar refractivity (Wildman–Crippen MR) is 49.3 cm³/mol. The van der Waals surface area contributed by atoms with Crippen LogP contribution in [0.2, 0.25) is 0 Å². The fourth-order valence-electron chi connectivity index (χ4n) is 1.64. The predicted octanol–water partition coefficient (Wildman–Crippen LogP) is 1.41. The Balaban J connectivity index is 2.23. The van der Waals surface area contributed by atoms with Crippen LogP contribution in [0.25, 0.3) is 0 Å². The van der Waals surface area contributed by atoms with Gasteiger partial charge < -0.3 is 10.4 Å². The molecule has 12 heavy (non-hydrogen) atoms. The van der Waals surface area contributed by atoms with Gasteiger partial charge >= 0.3 is 0 Å². The number of hydrogen-bond acceptors (Lipinski definition) is 2. The lowest BCUT2D eigenvalue weighted by Crippen LogP contribution is -2.28. The number of fused-ring (bicyclic) bond motifs is 1. The molecule has 2 heteroatoms. The average molecular weight is 163 g/mol. The van der Waals surface area contributed by atoms with E-state index in [1.807, 2.05) is 6.07 Å². The summed E-state index contributed by atoms with van der Waals surface area (Å²) in [4.78, 5) is 0. The molecule has 1 atom stereocenters. The third-order valence-electron chi connectivity index (χ3n) is 2.36. The van der Waals surface area contributed by atoms with E-state index in [2.05, 4.69) is 23.5 Å². The molecule has 0 aliphatic carbocycles. The molecule has 0 fully saturated rings. The average Bonchev–Trinajstić information content (AvgIpc) is 2.17. The standard InChI is InChI=1S/C10H13NO/c12-7-9-6-5-8-3-1-2-4-10(8)11-9/h1-4,9,11-12H,5-7H2/t9-/m0/s1. The zero-order chi connectivity index (χ0) is 8.39. The van der Waals surface area contributed by atoms with Crippen LogP contribution in [0.3, 0.4) is 0 Å². The van der Waals surface area contributed by atoms with Crippen molar-refractivity contribution in [2.24, 2.45) is 0 Å². The first-order valence-electron chi connectivity index (χ1n) is 4.35. The van der Waals surface area contributed by atoms with Gasteiger partial charge in [-0.05, 0) is 24.5 Å². The van der Waals surface area contributed by atoms with Gasteiger partial charge in [0.1, 0.15) is 0 Å². The van der Waals surface area contributed by atoms with Gasteiger partial charge in [-0.25, -0.2) is 0 Å². The Bertz CT molecular complexity index is 272. The fourth-order valence-corrected chi connectivity index (χ4v) is 1.64. The van der Waals surface area contributed by atoms with Gasteiger partial charge in [0, 0.05) is 11.7 Å². The smallest absolute Gasteiger partial charge is 0.0632 e. The Hall–Kier alpha value is -1.02. The maximum absolute atomic E-state index is 8.95. The van der Waals surface area contributed by atoms with Gasteiger partial charge in [-0.3, -0.25) is 0 Å². The Labute approximate surface area is 72.2 Å². The van der Waals surface area contributed by atoms with Crippen LogP contribution in [0.1, 0.15) is 12.0 Å². The number of anilines is 1. The monoisotopic (exact) mass is 163 g/mol. The Morgan fingerprint density at radius 2 is 2.25 bits per heavy atom. The molecule has 1 aromatic carbocycles. The van der Waals surface area contributed by atoms with E-state index >= 15 is 0 Å².